The van der Waals surface area contributed by atoms with Crippen molar-refractivity contribution in [1.29, 1.82) is 0 Å². The van der Waals surface area contributed by atoms with E-state index in [0.29, 0.717) is 11.8 Å². The zero-order valence-corrected chi connectivity index (χ0v) is 13.5. The summed E-state index contributed by atoms with van der Waals surface area (Å²) in [5.41, 5.74) is 1.04. The van der Waals surface area contributed by atoms with Gasteiger partial charge in [-0.25, -0.2) is 4.39 Å². The van der Waals surface area contributed by atoms with E-state index in [1.165, 1.54) is 6.07 Å². The average molecular weight is 307 g/mol. The number of carbonyl (C=O) groups is 1. The van der Waals surface area contributed by atoms with Gasteiger partial charge in [0.25, 0.3) is 0 Å². The Morgan fingerprint density at radius 2 is 2.00 bits per heavy atom. The van der Waals surface area contributed by atoms with Gasteiger partial charge in [0, 0.05) is 12.5 Å². The van der Waals surface area contributed by atoms with E-state index in [2.05, 4.69) is 4.90 Å². The van der Waals surface area contributed by atoms with E-state index in [0.717, 1.165) is 37.7 Å². The average Bonchev–Trinajstić information content (AvgIpc) is 2.46. The van der Waals surface area contributed by atoms with Crippen LogP contribution in [-0.4, -0.2) is 30.1 Å². The maximum Gasteiger partial charge on any atom is 0.303 e. The van der Waals surface area contributed by atoms with Crippen LogP contribution in [0.25, 0.3) is 0 Å². The first-order chi connectivity index (χ1) is 10.5. The van der Waals surface area contributed by atoms with Gasteiger partial charge in [0.05, 0.1) is 0 Å². The van der Waals surface area contributed by atoms with Crippen LogP contribution >= 0.6 is 0 Å². The van der Waals surface area contributed by atoms with Crippen molar-refractivity contribution in [1.82, 2.24) is 4.90 Å². The first kappa shape index (κ1) is 16.9. The molecule has 1 N–H and O–H groups in total. The van der Waals surface area contributed by atoms with Crippen molar-refractivity contribution in [3.63, 3.8) is 0 Å². The molecule has 122 valence electrons. The molecular formula is C18H26FNO2. The monoisotopic (exact) mass is 307 g/mol. The second kappa shape index (κ2) is 7.73. The lowest BCUT2D eigenvalue weighted by molar-refractivity contribution is -0.137. The molecule has 1 atom stereocenters. The lowest BCUT2D eigenvalue weighted by Gasteiger charge is -2.37. The number of hydrogen-bond donors (Lipinski definition) is 1. The number of aliphatic carboxylic acids is 1. The van der Waals surface area contributed by atoms with Gasteiger partial charge in [0.2, 0.25) is 0 Å². The normalized spacial score (nSPS) is 23.5. The molecule has 0 aliphatic heterocycles. The molecule has 4 heteroatoms. The van der Waals surface area contributed by atoms with Crippen LogP contribution < -0.4 is 0 Å². The first-order valence-electron chi connectivity index (χ1n) is 8.11. The zero-order valence-electron chi connectivity index (χ0n) is 13.5. The molecular weight excluding hydrogens is 281 g/mol. The molecule has 0 saturated heterocycles. The van der Waals surface area contributed by atoms with Crippen molar-refractivity contribution >= 4 is 5.97 Å². The largest absolute Gasteiger partial charge is 0.481 e. The summed E-state index contributed by atoms with van der Waals surface area (Å²) >= 11 is 0. The van der Waals surface area contributed by atoms with Gasteiger partial charge in [-0.2, -0.15) is 0 Å². The number of hydrogen-bond acceptors (Lipinski definition) is 2. The van der Waals surface area contributed by atoms with E-state index in [9.17, 15) is 9.18 Å². The summed E-state index contributed by atoms with van der Waals surface area (Å²) in [4.78, 5) is 12.9. The third-order valence-corrected chi connectivity index (χ3v) is 4.85. The second-order valence-electron chi connectivity index (χ2n) is 6.68. The van der Waals surface area contributed by atoms with Crippen LogP contribution in [-0.2, 0) is 4.79 Å². The lowest BCUT2D eigenvalue weighted by Crippen LogP contribution is -2.30. The van der Waals surface area contributed by atoms with Crippen molar-refractivity contribution in [2.75, 3.05) is 14.1 Å². The number of benzene rings is 1. The SMILES string of the molecule is CN(C)C(c1cccc(F)c1)C1CCC(CCC(=O)O)CC1. The van der Waals surface area contributed by atoms with Gasteiger partial charge < -0.3 is 10.0 Å². The number of nitrogens with zero attached hydrogens (tertiary/aromatic N) is 1. The van der Waals surface area contributed by atoms with Gasteiger partial charge >= 0.3 is 5.97 Å². The first-order valence-corrected chi connectivity index (χ1v) is 8.11. The highest BCUT2D eigenvalue weighted by atomic mass is 19.1. The maximum absolute atomic E-state index is 13.5. The van der Waals surface area contributed by atoms with E-state index in [1.807, 2.05) is 20.2 Å². The number of carboxylic acid groups (broad SMARTS) is 1. The highest BCUT2D eigenvalue weighted by Crippen LogP contribution is 2.40. The van der Waals surface area contributed by atoms with Crippen LogP contribution in [0.4, 0.5) is 4.39 Å². The number of rotatable bonds is 6. The fourth-order valence-corrected chi connectivity index (χ4v) is 3.80. The van der Waals surface area contributed by atoms with Crippen molar-refractivity contribution in [2.24, 2.45) is 11.8 Å². The van der Waals surface area contributed by atoms with E-state index in [-0.39, 0.29) is 18.3 Å². The Hall–Kier alpha value is -1.42. The van der Waals surface area contributed by atoms with Crippen LogP contribution in [0.2, 0.25) is 0 Å². The van der Waals surface area contributed by atoms with Crippen LogP contribution in [0.5, 0.6) is 0 Å². The van der Waals surface area contributed by atoms with Gasteiger partial charge in [0.1, 0.15) is 5.82 Å². The van der Waals surface area contributed by atoms with Crippen molar-refractivity contribution in [2.45, 2.75) is 44.6 Å². The molecule has 1 aliphatic carbocycles. The molecule has 1 unspecified atom stereocenters. The smallest absolute Gasteiger partial charge is 0.303 e. The molecule has 0 spiro atoms. The standard InChI is InChI=1S/C18H26FNO2/c1-20(2)18(15-4-3-5-16(19)12-15)14-9-6-13(7-10-14)8-11-17(21)22/h3-5,12-14,18H,6-11H2,1-2H3,(H,21,22). The highest BCUT2D eigenvalue weighted by Gasteiger charge is 2.30. The van der Waals surface area contributed by atoms with Gasteiger partial charge in [-0.05, 0) is 62.9 Å². The molecule has 2 rings (SSSR count). The molecule has 0 amide bonds. The molecule has 3 nitrogen and oxygen atoms in total. The van der Waals surface area contributed by atoms with E-state index in [1.54, 1.807) is 12.1 Å². The summed E-state index contributed by atoms with van der Waals surface area (Å²) in [6.45, 7) is 0. The number of halogens is 1. The molecule has 1 aromatic carbocycles. The number of carboxylic acids is 1. The highest BCUT2D eigenvalue weighted by molar-refractivity contribution is 5.66. The molecule has 0 heterocycles. The van der Waals surface area contributed by atoms with Gasteiger partial charge in [-0.1, -0.05) is 25.0 Å². The molecule has 1 saturated carbocycles. The molecule has 0 radical (unpaired) electrons. The minimum absolute atomic E-state index is 0.181. The van der Waals surface area contributed by atoms with Crippen molar-refractivity contribution in [3.8, 4) is 0 Å². The minimum Gasteiger partial charge on any atom is -0.481 e. The van der Waals surface area contributed by atoms with E-state index in [4.69, 9.17) is 5.11 Å². The molecule has 1 aliphatic rings. The molecule has 22 heavy (non-hydrogen) atoms. The van der Waals surface area contributed by atoms with Gasteiger partial charge in [0.15, 0.2) is 0 Å². The quantitative estimate of drug-likeness (QED) is 0.860. The minimum atomic E-state index is -0.701. The van der Waals surface area contributed by atoms with Crippen LogP contribution in [0.1, 0.15) is 50.1 Å². The fourth-order valence-electron chi connectivity index (χ4n) is 3.80. The maximum atomic E-state index is 13.5. The van der Waals surface area contributed by atoms with Crippen LogP contribution in [0, 0.1) is 17.7 Å². The molecule has 1 fully saturated rings. The summed E-state index contributed by atoms with van der Waals surface area (Å²) in [7, 11) is 4.10. The zero-order chi connectivity index (χ0) is 16.1. The Morgan fingerprint density at radius 1 is 1.32 bits per heavy atom. The van der Waals surface area contributed by atoms with E-state index >= 15 is 0 Å². The Labute approximate surface area is 132 Å². The summed E-state index contributed by atoms with van der Waals surface area (Å²) < 4.78 is 13.5. The molecule has 1 aromatic rings. The van der Waals surface area contributed by atoms with E-state index < -0.39 is 5.97 Å². The topological polar surface area (TPSA) is 40.5 Å². The Balaban J connectivity index is 1.99. The van der Waals surface area contributed by atoms with Crippen molar-refractivity contribution in [3.05, 3.63) is 35.6 Å². The third-order valence-electron chi connectivity index (χ3n) is 4.85. The van der Waals surface area contributed by atoms with Crippen LogP contribution in [0.15, 0.2) is 24.3 Å². The molecule has 0 aromatic heterocycles. The molecule has 0 bridgehead atoms. The summed E-state index contributed by atoms with van der Waals surface area (Å²) in [6.07, 6.45) is 5.40. The van der Waals surface area contributed by atoms with Crippen LogP contribution in [0.3, 0.4) is 0 Å². The Morgan fingerprint density at radius 3 is 2.55 bits per heavy atom. The third kappa shape index (κ3) is 4.54. The lowest BCUT2D eigenvalue weighted by atomic mass is 9.75. The summed E-state index contributed by atoms with van der Waals surface area (Å²) in [5.74, 6) is 0.160. The Kier molecular flexibility index (Phi) is 5.95. The second-order valence-corrected chi connectivity index (χ2v) is 6.68. The van der Waals surface area contributed by atoms with Gasteiger partial charge in [-0.3, -0.25) is 4.79 Å². The predicted octanol–water partition coefficient (Wildman–Crippen LogP) is 4.10. The van der Waals surface area contributed by atoms with Crippen molar-refractivity contribution < 1.29 is 14.3 Å². The predicted molar refractivity (Wildman–Crippen MR) is 85.1 cm³/mol. The Bertz CT molecular complexity index is 496. The fraction of sp³-hybridized carbons (Fsp3) is 0.611. The summed E-state index contributed by atoms with van der Waals surface area (Å²) in [6, 6.07) is 7.14. The summed E-state index contributed by atoms with van der Waals surface area (Å²) in [5, 5.41) is 8.79. The van der Waals surface area contributed by atoms with Gasteiger partial charge in [-0.15, -0.1) is 0 Å².